The van der Waals surface area contributed by atoms with Gasteiger partial charge < -0.3 is 34.0 Å². The highest BCUT2D eigenvalue weighted by Gasteiger charge is 2.29. The molecule has 9 nitrogen and oxygen atoms in total. The van der Waals surface area contributed by atoms with Gasteiger partial charge >= 0.3 is 12.1 Å². The number of aliphatic hydroxyl groups is 1. The largest absolute Gasteiger partial charge is 0.457 e. The zero-order valence-electron chi connectivity index (χ0n) is 27.8. The van der Waals surface area contributed by atoms with Crippen molar-refractivity contribution in [3.05, 3.63) is 47.3 Å². The van der Waals surface area contributed by atoms with Crippen LogP contribution < -0.4 is 4.90 Å². The third-order valence-electron chi connectivity index (χ3n) is 8.16. The first-order chi connectivity index (χ1) is 21.3. The third-order valence-corrected chi connectivity index (χ3v) is 8.16. The average molecular weight is 591 g/mol. The second-order valence-electron chi connectivity index (χ2n) is 11.6. The van der Waals surface area contributed by atoms with Gasteiger partial charge in [-0.3, -0.25) is 4.79 Å². The van der Waals surface area contributed by atoms with Crippen LogP contribution in [0.15, 0.2) is 35.9 Å². The molecule has 0 radical (unpaired) electrons. The molecular formula is C32H46FN3O6. The van der Waals surface area contributed by atoms with E-state index in [0.717, 1.165) is 5.69 Å². The lowest BCUT2D eigenvalue weighted by Gasteiger charge is -2.33. The quantitative estimate of drug-likeness (QED) is 0.414. The number of carbonyl (C=O) groups excluding carboxylic acids is 2. The number of hydrogen-bond acceptors (Lipinski definition) is 8. The number of aliphatic hydroxyl groups excluding tert-OH is 1. The summed E-state index contributed by atoms with van der Waals surface area (Å²) in [7, 11) is 0. The van der Waals surface area contributed by atoms with Gasteiger partial charge in [0, 0.05) is 55.0 Å². The smallest absolute Gasteiger partial charge is 0.410 e. The van der Waals surface area contributed by atoms with Crippen LogP contribution in [0.2, 0.25) is 0 Å². The average Bonchev–Trinajstić information content (AvgIpc) is 2.99. The van der Waals surface area contributed by atoms with Crippen molar-refractivity contribution in [2.75, 3.05) is 64.4 Å². The monoisotopic (exact) mass is 590 g/mol. The third kappa shape index (κ3) is 9.02. The van der Waals surface area contributed by atoms with E-state index in [9.17, 15) is 19.1 Å². The Morgan fingerprint density at radius 3 is 2.55 bits per heavy atom. The number of cyclic esters (lactones) is 1. The number of esters is 1. The molecule has 1 amide bonds. The van der Waals surface area contributed by atoms with Gasteiger partial charge in [-0.25, -0.2) is 9.18 Å². The Kier molecular flexibility index (Phi) is 9.94. The molecule has 3 aliphatic heterocycles. The molecule has 0 unspecified atom stereocenters. The van der Waals surface area contributed by atoms with E-state index in [4.69, 9.17) is 18.3 Å². The van der Waals surface area contributed by atoms with Gasteiger partial charge in [-0.05, 0) is 68.1 Å². The molecule has 0 bridgehead atoms. The standard InChI is InChI=1S/C32H46FN3O6/c1-22-5-7-28(37)21-30(38)42-31(23(2)6-8-29(22)41-32(39)36-11-9-34(4)10-12-36)24(3)17-25-18-26(33)20-27(19-25)35-13-15-40-16-14-35/h6,8,17-20,22-23,28-29,31,37H,5,7,9-16,21H2,1-4H3/b8-6+,24-17+/t22-,23-,28+,29-,31-/m0/s1/i4D3. The van der Waals surface area contributed by atoms with Gasteiger partial charge in [0.05, 0.1) is 25.7 Å². The number of benzene rings is 1. The van der Waals surface area contributed by atoms with Gasteiger partial charge in [-0.2, -0.15) is 0 Å². The van der Waals surface area contributed by atoms with Crippen molar-refractivity contribution in [3.8, 4) is 0 Å². The Balaban J connectivity index is 1.53. The van der Waals surface area contributed by atoms with Crippen LogP contribution in [-0.2, 0) is 19.0 Å². The summed E-state index contributed by atoms with van der Waals surface area (Å²) >= 11 is 0. The molecule has 1 N–H and O–H groups in total. The Bertz CT molecular complexity index is 1230. The first kappa shape index (κ1) is 27.9. The second-order valence-corrected chi connectivity index (χ2v) is 11.6. The summed E-state index contributed by atoms with van der Waals surface area (Å²) in [4.78, 5) is 30.9. The SMILES string of the molecule is [2H]C([2H])([2H])N1CCN(C(=O)O[C@H]2/C=C/[C@H](C)[C@@H](/C(C)=C/c3cc(F)cc(N4CCOCC4)c3)OC(=O)C[C@H](O)CC[C@@H]2C)CC1. The zero-order chi connectivity index (χ0) is 32.7. The number of anilines is 1. The summed E-state index contributed by atoms with van der Waals surface area (Å²) in [5, 5.41) is 10.6. The molecule has 42 heavy (non-hydrogen) atoms. The maximum absolute atomic E-state index is 14.7. The van der Waals surface area contributed by atoms with E-state index in [2.05, 4.69) is 4.90 Å². The van der Waals surface area contributed by atoms with E-state index in [0.29, 0.717) is 50.3 Å². The fourth-order valence-corrected chi connectivity index (χ4v) is 5.56. The number of rotatable bonds is 4. The summed E-state index contributed by atoms with van der Waals surface area (Å²) in [5.41, 5.74) is 2.08. The highest BCUT2D eigenvalue weighted by molar-refractivity contribution is 5.71. The maximum Gasteiger partial charge on any atom is 0.410 e. The molecule has 0 spiro atoms. The minimum atomic E-state index is -2.20. The molecule has 0 saturated carbocycles. The summed E-state index contributed by atoms with van der Waals surface area (Å²) in [6.45, 7) is 6.84. The van der Waals surface area contributed by atoms with E-state index in [1.807, 2.05) is 32.9 Å². The summed E-state index contributed by atoms with van der Waals surface area (Å²) < 4.78 is 54.7. The van der Waals surface area contributed by atoms with E-state index in [1.54, 1.807) is 12.2 Å². The predicted octanol–water partition coefficient (Wildman–Crippen LogP) is 4.10. The van der Waals surface area contributed by atoms with Gasteiger partial charge in [-0.15, -0.1) is 0 Å². The lowest BCUT2D eigenvalue weighted by Crippen LogP contribution is -2.48. The summed E-state index contributed by atoms with van der Waals surface area (Å²) in [6, 6.07) is 4.83. The molecule has 2 fully saturated rings. The van der Waals surface area contributed by atoms with Crippen LogP contribution in [0.1, 0.15) is 49.7 Å². The number of ether oxygens (including phenoxy) is 3. The maximum atomic E-state index is 14.7. The van der Waals surface area contributed by atoms with Crippen LogP contribution in [0.5, 0.6) is 0 Å². The topological polar surface area (TPSA) is 91.8 Å². The van der Waals surface area contributed by atoms with Crippen LogP contribution in [0.3, 0.4) is 0 Å². The number of carbonyl (C=O) groups is 2. The highest BCUT2D eigenvalue weighted by Crippen LogP contribution is 2.27. The number of morpholine rings is 1. The molecule has 3 aliphatic rings. The molecule has 5 atom stereocenters. The fraction of sp³-hybridized carbons (Fsp3) is 0.625. The van der Waals surface area contributed by atoms with Crippen LogP contribution in [-0.4, -0.2) is 105 Å². The van der Waals surface area contributed by atoms with Crippen molar-refractivity contribution in [2.24, 2.45) is 11.8 Å². The number of likely N-dealkylation sites (N-methyl/N-ethyl adjacent to an activating group) is 1. The summed E-state index contributed by atoms with van der Waals surface area (Å²) in [5.74, 6) is -1.40. The van der Waals surface area contributed by atoms with Gasteiger partial charge in [0.25, 0.3) is 0 Å². The number of amides is 1. The van der Waals surface area contributed by atoms with Crippen LogP contribution >= 0.6 is 0 Å². The van der Waals surface area contributed by atoms with Gasteiger partial charge in [0.2, 0.25) is 0 Å². The van der Waals surface area contributed by atoms with Crippen LogP contribution in [0.4, 0.5) is 14.9 Å². The van der Waals surface area contributed by atoms with E-state index < -0.39 is 37.4 Å². The van der Waals surface area contributed by atoms with Gasteiger partial charge in [-0.1, -0.05) is 26.0 Å². The Labute approximate surface area is 253 Å². The second kappa shape index (κ2) is 15.0. The molecule has 1 aromatic carbocycles. The molecule has 3 heterocycles. The van der Waals surface area contributed by atoms with Gasteiger partial charge in [0.15, 0.2) is 0 Å². The first-order valence-electron chi connectivity index (χ1n) is 16.4. The normalized spacial score (nSPS) is 31.1. The summed E-state index contributed by atoms with van der Waals surface area (Å²) in [6.07, 6.45) is 3.33. The number of nitrogens with zero attached hydrogens (tertiary/aromatic N) is 3. The minimum absolute atomic E-state index is 0.160. The Morgan fingerprint density at radius 2 is 1.83 bits per heavy atom. The van der Waals surface area contributed by atoms with Crippen molar-refractivity contribution in [2.45, 2.75) is 58.3 Å². The molecule has 0 aliphatic carbocycles. The van der Waals surface area contributed by atoms with Gasteiger partial charge in [0.1, 0.15) is 18.0 Å². The molecule has 232 valence electrons. The molecule has 0 aromatic heterocycles. The van der Waals surface area contributed by atoms with Crippen LogP contribution in [0, 0.1) is 17.7 Å². The lowest BCUT2D eigenvalue weighted by molar-refractivity contribution is -0.151. The molecule has 1 aromatic rings. The highest BCUT2D eigenvalue weighted by atomic mass is 19.1. The Morgan fingerprint density at radius 1 is 1.10 bits per heavy atom. The Hall–Kier alpha value is -2.95. The van der Waals surface area contributed by atoms with Crippen molar-refractivity contribution in [1.29, 1.82) is 0 Å². The number of halogens is 1. The molecular weight excluding hydrogens is 541 g/mol. The van der Waals surface area contributed by atoms with Crippen molar-refractivity contribution >= 4 is 23.8 Å². The van der Waals surface area contributed by atoms with Crippen molar-refractivity contribution in [1.82, 2.24) is 9.80 Å². The predicted molar refractivity (Wildman–Crippen MR) is 160 cm³/mol. The van der Waals surface area contributed by atoms with E-state index in [1.165, 1.54) is 21.9 Å². The first-order valence-corrected chi connectivity index (χ1v) is 14.9. The lowest BCUT2D eigenvalue weighted by atomic mass is 9.91. The fourth-order valence-electron chi connectivity index (χ4n) is 5.56. The van der Waals surface area contributed by atoms with E-state index >= 15 is 0 Å². The van der Waals surface area contributed by atoms with E-state index in [-0.39, 0.29) is 50.3 Å². The molecule has 4 rings (SSSR count). The van der Waals surface area contributed by atoms with Crippen LogP contribution in [0.25, 0.3) is 6.08 Å². The number of hydrogen-bond donors (Lipinski definition) is 1. The minimum Gasteiger partial charge on any atom is -0.457 e. The zero-order valence-corrected chi connectivity index (χ0v) is 24.8. The molecule has 10 heteroatoms. The van der Waals surface area contributed by atoms with Crippen molar-refractivity contribution < 1.29 is 37.4 Å². The number of piperazine rings is 1. The van der Waals surface area contributed by atoms with Crippen molar-refractivity contribution in [3.63, 3.8) is 0 Å². The molecule has 2 saturated heterocycles.